The zero-order chi connectivity index (χ0) is 21.1. The van der Waals surface area contributed by atoms with Crippen LogP contribution in [0.5, 0.6) is 0 Å². The summed E-state index contributed by atoms with van der Waals surface area (Å²) in [7, 11) is 0. The van der Waals surface area contributed by atoms with Crippen LogP contribution in [0.15, 0.2) is 34.1 Å². The Morgan fingerprint density at radius 2 is 2.23 bits per heavy atom. The molecule has 0 bridgehead atoms. The Bertz CT molecular complexity index is 1030. The van der Waals surface area contributed by atoms with Crippen molar-refractivity contribution >= 4 is 29.0 Å². The number of rotatable bonds is 7. The summed E-state index contributed by atoms with van der Waals surface area (Å²) in [6.45, 7) is 1.27. The van der Waals surface area contributed by atoms with Crippen molar-refractivity contribution < 1.29 is 14.5 Å². The Morgan fingerprint density at radius 3 is 3.00 bits per heavy atom. The zero-order valence-corrected chi connectivity index (χ0v) is 17.2. The summed E-state index contributed by atoms with van der Waals surface area (Å²) in [6, 6.07) is 5.79. The zero-order valence-electron chi connectivity index (χ0n) is 16.3. The molecule has 1 atom stereocenters. The molecule has 0 unspecified atom stereocenters. The Hall–Kier alpha value is -2.72. The van der Waals surface area contributed by atoms with Crippen LogP contribution in [0.2, 0.25) is 0 Å². The number of hydrogen-bond donors (Lipinski definition) is 1. The fourth-order valence-corrected chi connectivity index (χ4v) is 4.79. The quantitative estimate of drug-likeness (QED) is 0.310. The molecule has 4 rings (SSSR count). The number of thioether (sulfide) groups is 1. The van der Waals surface area contributed by atoms with Gasteiger partial charge in [0.05, 0.1) is 23.3 Å². The van der Waals surface area contributed by atoms with Gasteiger partial charge in [-0.3, -0.25) is 19.5 Å². The Labute approximate surface area is 177 Å². The lowest BCUT2D eigenvalue weighted by Crippen LogP contribution is -2.31. The third-order valence-corrected chi connectivity index (χ3v) is 6.31. The van der Waals surface area contributed by atoms with Crippen molar-refractivity contribution in [2.45, 2.75) is 49.8 Å². The van der Waals surface area contributed by atoms with Crippen LogP contribution in [0.25, 0.3) is 0 Å². The topological polar surface area (TPSA) is 116 Å². The molecule has 2 heterocycles. The molecule has 158 valence electrons. The first-order chi connectivity index (χ1) is 14.5. The highest BCUT2D eigenvalue weighted by molar-refractivity contribution is 8.00. The van der Waals surface area contributed by atoms with Gasteiger partial charge in [0.15, 0.2) is 0 Å². The van der Waals surface area contributed by atoms with Gasteiger partial charge in [0.2, 0.25) is 5.91 Å². The minimum absolute atomic E-state index is 0.0633. The number of nitrogens with zero attached hydrogens (tertiary/aromatic N) is 3. The molecule has 0 spiro atoms. The second kappa shape index (κ2) is 8.97. The highest BCUT2D eigenvalue weighted by Gasteiger charge is 2.25. The molecular weight excluding hydrogens is 408 g/mol. The fourth-order valence-electron chi connectivity index (χ4n) is 3.91. The largest absolute Gasteiger partial charge is 0.376 e. The molecule has 0 radical (unpaired) electrons. The van der Waals surface area contributed by atoms with Gasteiger partial charge < -0.3 is 10.1 Å². The maximum absolute atomic E-state index is 12.6. The minimum atomic E-state index is -0.511. The predicted octanol–water partition coefficient (Wildman–Crippen LogP) is 2.55. The van der Waals surface area contributed by atoms with E-state index >= 15 is 0 Å². The second-order valence-corrected chi connectivity index (χ2v) is 8.33. The third-order valence-electron chi connectivity index (χ3n) is 5.29. The Balaban J connectivity index is 1.44. The number of anilines is 1. The second-order valence-electron chi connectivity index (χ2n) is 7.37. The van der Waals surface area contributed by atoms with Crippen molar-refractivity contribution in [3.8, 4) is 0 Å². The molecule has 1 aromatic heterocycles. The van der Waals surface area contributed by atoms with Gasteiger partial charge in [-0.1, -0.05) is 17.8 Å². The first kappa shape index (κ1) is 20.5. The molecular formula is C20H22N4O5S. The van der Waals surface area contributed by atoms with Crippen LogP contribution in [0.4, 0.5) is 11.4 Å². The third kappa shape index (κ3) is 4.54. The highest BCUT2D eigenvalue weighted by atomic mass is 32.2. The van der Waals surface area contributed by atoms with Gasteiger partial charge in [-0.05, 0) is 38.2 Å². The van der Waals surface area contributed by atoms with E-state index in [-0.39, 0.29) is 29.1 Å². The molecule has 2 aliphatic rings. The first-order valence-electron chi connectivity index (χ1n) is 9.92. The number of fused-ring (bicyclic) bond motifs is 1. The summed E-state index contributed by atoms with van der Waals surface area (Å²) >= 11 is 1.23. The minimum Gasteiger partial charge on any atom is -0.376 e. The van der Waals surface area contributed by atoms with Crippen LogP contribution in [-0.2, 0) is 28.9 Å². The van der Waals surface area contributed by atoms with E-state index in [4.69, 9.17) is 4.74 Å². The first-order valence-corrected chi connectivity index (χ1v) is 10.9. The molecule has 1 aromatic carbocycles. The molecule has 30 heavy (non-hydrogen) atoms. The lowest BCUT2D eigenvalue weighted by atomic mass is 10.2. The van der Waals surface area contributed by atoms with Crippen molar-refractivity contribution in [1.29, 1.82) is 0 Å². The summed E-state index contributed by atoms with van der Waals surface area (Å²) < 4.78 is 7.41. The maximum Gasteiger partial charge on any atom is 0.348 e. The molecule has 2 aromatic rings. The number of benzene rings is 1. The highest BCUT2D eigenvalue weighted by Crippen LogP contribution is 2.30. The van der Waals surface area contributed by atoms with E-state index in [2.05, 4.69) is 10.3 Å². The molecule has 9 nitrogen and oxygen atoms in total. The van der Waals surface area contributed by atoms with E-state index in [1.165, 1.54) is 30.0 Å². The molecule has 1 N–H and O–H groups in total. The van der Waals surface area contributed by atoms with Gasteiger partial charge in [0.25, 0.3) is 5.69 Å². The van der Waals surface area contributed by atoms with Crippen molar-refractivity contribution in [3.05, 3.63) is 56.1 Å². The Morgan fingerprint density at radius 1 is 1.37 bits per heavy atom. The van der Waals surface area contributed by atoms with Crippen molar-refractivity contribution in [2.24, 2.45) is 0 Å². The number of carbonyl (C=O) groups excluding carboxylic acids is 1. The summed E-state index contributed by atoms with van der Waals surface area (Å²) in [5, 5.41) is 14.1. The van der Waals surface area contributed by atoms with Gasteiger partial charge in [-0.15, -0.1) is 0 Å². The fraction of sp³-hybridized carbons (Fsp3) is 0.450. The van der Waals surface area contributed by atoms with Crippen molar-refractivity contribution in [2.75, 3.05) is 17.7 Å². The van der Waals surface area contributed by atoms with Crippen LogP contribution in [0.3, 0.4) is 0 Å². The van der Waals surface area contributed by atoms with Crippen LogP contribution >= 0.6 is 11.8 Å². The average molecular weight is 430 g/mol. The molecule has 1 saturated heterocycles. The van der Waals surface area contributed by atoms with Crippen LogP contribution in [0, 0.1) is 10.1 Å². The number of hydrogen-bond acceptors (Lipinski definition) is 7. The van der Waals surface area contributed by atoms with E-state index in [0.717, 1.165) is 50.0 Å². The van der Waals surface area contributed by atoms with Crippen LogP contribution in [-0.4, -0.2) is 38.8 Å². The van der Waals surface area contributed by atoms with Crippen LogP contribution in [0.1, 0.15) is 30.5 Å². The van der Waals surface area contributed by atoms with Crippen molar-refractivity contribution in [1.82, 2.24) is 9.55 Å². The SMILES string of the molecule is O=C(CSc1nc(=O)n(C[C@@H]2CCCO2)c2c1CCC2)Nc1cccc([N+](=O)[O-])c1. The van der Waals surface area contributed by atoms with E-state index in [9.17, 15) is 19.7 Å². The lowest BCUT2D eigenvalue weighted by Gasteiger charge is -2.17. The number of non-ortho nitro benzene ring substituents is 1. The van der Waals surface area contributed by atoms with Crippen LogP contribution < -0.4 is 11.0 Å². The number of aromatic nitrogens is 2. The number of amides is 1. The Kier molecular flexibility index (Phi) is 6.14. The molecule has 10 heteroatoms. The van der Waals surface area contributed by atoms with Crippen molar-refractivity contribution in [3.63, 3.8) is 0 Å². The number of ether oxygens (including phenoxy) is 1. The van der Waals surface area contributed by atoms with Gasteiger partial charge in [-0.25, -0.2) is 4.79 Å². The molecule has 1 aliphatic heterocycles. The smallest absolute Gasteiger partial charge is 0.348 e. The predicted molar refractivity (Wildman–Crippen MR) is 112 cm³/mol. The molecule has 1 amide bonds. The van der Waals surface area contributed by atoms with E-state index < -0.39 is 4.92 Å². The van der Waals surface area contributed by atoms with E-state index in [1.54, 1.807) is 10.6 Å². The number of nitrogens with one attached hydrogen (secondary N) is 1. The maximum atomic E-state index is 12.6. The summed E-state index contributed by atoms with van der Waals surface area (Å²) in [5.41, 5.74) is 2.02. The van der Waals surface area contributed by atoms with Gasteiger partial charge in [-0.2, -0.15) is 4.98 Å². The number of carbonyl (C=O) groups is 1. The molecule has 1 fully saturated rings. The normalized spacial score (nSPS) is 17.7. The van der Waals surface area contributed by atoms with Gasteiger partial charge in [0, 0.05) is 35.7 Å². The lowest BCUT2D eigenvalue weighted by molar-refractivity contribution is -0.384. The number of nitro benzene ring substituents is 1. The average Bonchev–Trinajstić information content (AvgIpc) is 3.41. The van der Waals surface area contributed by atoms with Gasteiger partial charge in [0.1, 0.15) is 5.03 Å². The van der Waals surface area contributed by atoms with E-state index in [1.807, 2.05) is 0 Å². The molecule has 1 aliphatic carbocycles. The standard InChI is InChI=1S/C20H22N4O5S/c25-18(21-13-4-1-5-14(10-13)24(27)28)12-30-19-16-7-2-8-17(16)23(20(26)22-19)11-15-6-3-9-29-15/h1,4-5,10,15H,2-3,6-9,11-12H2,(H,21,25)/t15-/m0/s1. The van der Waals surface area contributed by atoms with Gasteiger partial charge >= 0.3 is 5.69 Å². The summed E-state index contributed by atoms with van der Waals surface area (Å²) in [6.07, 6.45) is 4.65. The summed E-state index contributed by atoms with van der Waals surface area (Å²) in [4.78, 5) is 39.6. The molecule has 0 saturated carbocycles. The summed E-state index contributed by atoms with van der Waals surface area (Å²) in [5.74, 6) is -0.241. The monoisotopic (exact) mass is 430 g/mol. The van der Waals surface area contributed by atoms with E-state index in [0.29, 0.717) is 17.3 Å². The number of nitro groups is 1.